The molecular weight excluding hydrogens is 212 g/mol. The summed E-state index contributed by atoms with van der Waals surface area (Å²) in [5.74, 6) is 0. The fourth-order valence-corrected chi connectivity index (χ4v) is 1.91. The second-order valence-corrected chi connectivity index (χ2v) is 4.06. The number of rotatable bonds is 3. The molecule has 0 atom stereocenters. The van der Waals surface area contributed by atoms with Crippen LogP contribution >= 0.6 is 11.6 Å². The van der Waals surface area contributed by atoms with Crippen LogP contribution in [-0.4, -0.2) is 29.1 Å². The Balaban J connectivity index is 1.84. The monoisotopic (exact) mass is 226 g/mol. The summed E-state index contributed by atoms with van der Waals surface area (Å²) in [4.78, 5) is 8.18. The molecule has 1 aliphatic heterocycles. The van der Waals surface area contributed by atoms with Crippen LogP contribution in [0.25, 0.3) is 0 Å². The number of hydrogen-bond acceptors (Lipinski definition) is 4. The molecule has 82 valence electrons. The van der Waals surface area contributed by atoms with E-state index in [-0.39, 0.29) is 0 Å². The minimum Gasteiger partial charge on any atom is -0.317 e. The number of nitrogens with one attached hydrogen (secondary N) is 2. The first-order valence-corrected chi connectivity index (χ1v) is 5.63. The lowest BCUT2D eigenvalue weighted by Crippen LogP contribution is -2.39. The van der Waals surface area contributed by atoms with Gasteiger partial charge in [-0.05, 0) is 25.9 Å². The largest absolute Gasteiger partial charge is 0.317 e. The van der Waals surface area contributed by atoms with Crippen molar-refractivity contribution >= 4 is 11.6 Å². The van der Waals surface area contributed by atoms with Crippen molar-refractivity contribution in [2.75, 3.05) is 13.1 Å². The number of halogens is 1. The smallest absolute Gasteiger partial charge is 0.151 e. The van der Waals surface area contributed by atoms with Crippen LogP contribution in [0, 0.1) is 0 Å². The van der Waals surface area contributed by atoms with Crippen molar-refractivity contribution in [2.45, 2.75) is 25.4 Å². The van der Waals surface area contributed by atoms with E-state index >= 15 is 0 Å². The van der Waals surface area contributed by atoms with Crippen LogP contribution < -0.4 is 10.6 Å². The molecule has 0 unspecified atom stereocenters. The van der Waals surface area contributed by atoms with Gasteiger partial charge in [0.1, 0.15) is 0 Å². The molecule has 0 amide bonds. The van der Waals surface area contributed by atoms with E-state index in [1.54, 1.807) is 12.4 Å². The highest BCUT2D eigenvalue weighted by molar-refractivity contribution is 6.29. The Labute approximate surface area is 94.5 Å². The molecule has 1 aromatic heterocycles. The van der Waals surface area contributed by atoms with Gasteiger partial charge in [0.25, 0.3) is 0 Å². The van der Waals surface area contributed by atoms with Gasteiger partial charge in [0, 0.05) is 25.0 Å². The topological polar surface area (TPSA) is 49.8 Å². The normalized spacial score (nSPS) is 17.9. The summed E-state index contributed by atoms with van der Waals surface area (Å²) in [6, 6.07) is 0.573. The van der Waals surface area contributed by atoms with Crippen molar-refractivity contribution < 1.29 is 0 Å². The van der Waals surface area contributed by atoms with Crippen LogP contribution in [0.4, 0.5) is 0 Å². The van der Waals surface area contributed by atoms with Crippen LogP contribution in [0.5, 0.6) is 0 Å². The summed E-state index contributed by atoms with van der Waals surface area (Å²) in [7, 11) is 0. The van der Waals surface area contributed by atoms with Crippen molar-refractivity contribution in [3.05, 3.63) is 23.2 Å². The van der Waals surface area contributed by atoms with Gasteiger partial charge in [0.05, 0.1) is 5.69 Å². The van der Waals surface area contributed by atoms with Gasteiger partial charge in [-0.25, -0.2) is 4.98 Å². The molecule has 1 fully saturated rings. The van der Waals surface area contributed by atoms with Gasteiger partial charge < -0.3 is 10.6 Å². The summed E-state index contributed by atoms with van der Waals surface area (Å²) in [6.07, 6.45) is 5.61. The standard InChI is InChI=1S/C10H15ClN4/c11-10-9(13-5-6-14-10)7-15-8-1-3-12-4-2-8/h5-6,8,12,15H,1-4,7H2. The van der Waals surface area contributed by atoms with E-state index < -0.39 is 0 Å². The molecular formula is C10H15ClN4. The molecule has 5 heteroatoms. The van der Waals surface area contributed by atoms with E-state index in [0.717, 1.165) is 31.6 Å². The lowest BCUT2D eigenvalue weighted by molar-refractivity contribution is 0.384. The van der Waals surface area contributed by atoms with Gasteiger partial charge in [-0.15, -0.1) is 0 Å². The molecule has 0 bridgehead atoms. The van der Waals surface area contributed by atoms with Gasteiger partial charge in [0.2, 0.25) is 0 Å². The van der Waals surface area contributed by atoms with Crippen LogP contribution in [0.3, 0.4) is 0 Å². The maximum atomic E-state index is 5.92. The third-order valence-corrected chi connectivity index (χ3v) is 2.94. The summed E-state index contributed by atoms with van der Waals surface area (Å²) in [6.45, 7) is 2.88. The van der Waals surface area contributed by atoms with Gasteiger partial charge in [0.15, 0.2) is 5.15 Å². The first-order valence-electron chi connectivity index (χ1n) is 5.26. The van der Waals surface area contributed by atoms with Crippen LogP contribution in [0.15, 0.2) is 12.4 Å². The van der Waals surface area contributed by atoms with Crippen molar-refractivity contribution in [3.8, 4) is 0 Å². The number of aromatic nitrogens is 2. The Hall–Kier alpha value is -0.710. The van der Waals surface area contributed by atoms with Crippen molar-refractivity contribution in [3.63, 3.8) is 0 Å². The van der Waals surface area contributed by atoms with Crippen LogP contribution in [0.2, 0.25) is 5.15 Å². The molecule has 4 nitrogen and oxygen atoms in total. The highest BCUT2D eigenvalue weighted by Gasteiger charge is 2.12. The maximum Gasteiger partial charge on any atom is 0.151 e. The summed E-state index contributed by atoms with van der Waals surface area (Å²) in [5, 5.41) is 7.28. The first-order chi connectivity index (χ1) is 7.36. The Bertz CT molecular complexity index is 312. The minimum absolute atomic E-state index is 0.499. The molecule has 0 aliphatic carbocycles. The fraction of sp³-hybridized carbons (Fsp3) is 0.600. The lowest BCUT2D eigenvalue weighted by Gasteiger charge is -2.23. The van der Waals surface area contributed by atoms with Gasteiger partial charge >= 0.3 is 0 Å². The van der Waals surface area contributed by atoms with Crippen LogP contribution in [-0.2, 0) is 6.54 Å². The van der Waals surface area contributed by atoms with E-state index in [2.05, 4.69) is 20.6 Å². The third-order valence-electron chi connectivity index (χ3n) is 2.62. The molecule has 2 N–H and O–H groups in total. The quantitative estimate of drug-likeness (QED) is 0.807. The van der Waals surface area contributed by atoms with Crippen molar-refractivity contribution in [1.82, 2.24) is 20.6 Å². The second-order valence-electron chi connectivity index (χ2n) is 3.70. The number of hydrogen-bond donors (Lipinski definition) is 2. The lowest BCUT2D eigenvalue weighted by atomic mass is 10.1. The predicted molar refractivity (Wildman–Crippen MR) is 59.8 cm³/mol. The van der Waals surface area contributed by atoms with Gasteiger partial charge in [-0.1, -0.05) is 11.6 Å². The Morgan fingerprint density at radius 3 is 2.80 bits per heavy atom. The molecule has 2 heterocycles. The molecule has 0 saturated carbocycles. The average molecular weight is 227 g/mol. The molecule has 2 rings (SSSR count). The Kier molecular flexibility index (Phi) is 3.88. The average Bonchev–Trinajstić information content (AvgIpc) is 2.29. The molecule has 0 spiro atoms. The number of nitrogens with zero attached hydrogens (tertiary/aromatic N) is 2. The third kappa shape index (κ3) is 3.12. The molecule has 1 saturated heterocycles. The zero-order valence-corrected chi connectivity index (χ0v) is 9.30. The minimum atomic E-state index is 0.499. The zero-order chi connectivity index (χ0) is 10.5. The van der Waals surface area contributed by atoms with E-state index in [1.165, 1.54) is 0 Å². The van der Waals surface area contributed by atoms with E-state index in [9.17, 15) is 0 Å². The summed E-state index contributed by atoms with van der Waals surface area (Å²) in [5.41, 5.74) is 0.831. The Morgan fingerprint density at radius 1 is 1.33 bits per heavy atom. The molecule has 0 aromatic carbocycles. The van der Waals surface area contributed by atoms with E-state index in [1.807, 2.05) is 0 Å². The first kappa shape index (κ1) is 10.8. The maximum absolute atomic E-state index is 5.92. The van der Waals surface area contributed by atoms with Crippen molar-refractivity contribution in [2.24, 2.45) is 0 Å². The van der Waals surface area contributed by atoms with Gasteiger partial charge in [-0.2, -0.15) is 0 Å². The van der Waals surface area contributed by atoms with E-state index in [4.69, 9.17) is 11.6 Å². The predicted octanol–water partition coefficient (Wildman–Crippen LogP) is 0.972. The van der Waals surface area contributed by atoms with E-state index in [0.29, 0.717) is 17.7 Å². The Morgan fingerprint density at radius 2 is 2.07 bits per heavy atom. The summed E-state index contributed by atoms with van der Waals surface area (Å²) >= 11 is 5.92. The molecule has 0 radical (unpaired) electrons. The molecule has 1 aromatic rings. The fourth-order valence-electron chi connectivity index (χ4n) is 1.74. The summed E-state index contributed by atoms with van der Waals surface area (Å²) < 4.78 is 0. The molecule has 1 aliphatic rings. The second kappa shape index (κ2) is 5.39. The zero-order valence-electron chi connectivity index (χ0n) is 8.54. The van der Waals surface area contributed by atoms with Crippen molar-refractivity contribution in [1.29, 1.82) is 0 Å². The van der Waals surface area contributed by atoms with Crippen LogP contribution in [0.1, 0.15) is 18.5 Å². The SMILES string of the molecule is Clc1nccnc1CNC1CCNCC1. The van der Waals surface area contributed by atoms with Gasteiger partial charge in [-0.3, -0.25) is 4.98 Å². The number of piperidine rings is 1. The molecule has 15 heavy (non-hydrogen) atoms. The highest BCUT2D eigenvalue weighted by atomic mass is 35.5. The highest BCUT2D eigenvalue weighted by Crippen LogP contribution is 2.09.